The molecule has 6 nitrogen and oxygen atoms in total. The van der Waals surface area contributed by atoms with Crippen LogP contribution in [-0.4, -0.2) is 49.3 Å². The van der Waals surface area contributed by atoms with Gasteiger partial charge in [0, 0.05) is 29.6 Å². The van der Waals surface area contributed by atoms with Crippen LogP contribution in [0.2, 0.25) is 0 Å². The van der Waals surface area contributed by atoms with Crippen LogP contribution in [0.5, 0.6) is 11.5 Å². The summed E-state index contributed by atoms with van der Waals surface area (Å²) in [5.41, 5.74) is 3.28. The molecule has 3 heterocycles. The summed E-state index contributed by atoms with van der Waals surface area (Å²) in [6.07, 6.45) is 3.67. The number of nitrogens with zero attached hydrogens (tertiary/aromatic N) is 2. The van der Waals surface area contributed by atoms with E-state index in [0.717, 1.165) is 46.7 Å². The summed E-state index contributed by atoms with van der Waals surface area (Å²) >= 11 is 0. The number of nitrogens with one attached hydrogen (secondary N) is 1. The average molecular weight is 386 g/mol. The van der Waals surface area contributed by atoms with E-state index in [1.54, 1.807) is 7.11 Å². The highest BCUT2D eigenvalue weighted by Crippen LogP contribution is 2.38. The number of fused-ring (bicyclic) bond motifs is 3. The fourth-order valence-corrected chi connectivity index (χ4v) is 4.09. The first-order chi connectivity index (χ1) is 13.7. The fourth-order valence-electron chi connectivity index (χ4n) is 4.09. The Morgan fingerprint density at radius 3 is 2.68 bits per heavy atom. The number of hydrogen-bond donors (Lipinski definition) is 1. The molecule has 152 valence electrons. The van der Waals surface area contributed by atoms with Crippen molar-refractivity contribution in [3.63, 3.8) is 0 Å². The molecule has 0 unspecified atom stereocenters. The van der Waals surface area contributed by atoms with Crippen molar-refractivity contribution in [3.8, 4) is 11.5 Å². The third-order valence-corrected chi connectivity index (χ3v) is 5.48. The van der Waals surface area contributed by atoms with Crippen molar-refractivity contribution >= 4 is 16.7 Å². The number of benzene rings is 1. The van der Waals surface area contributed by atoms with E-state index in [4.69, 9.17) is 19.2 Å². The highest BCUT2D eigenvalue weighted by Gasteiger charge is 2.22. The Balaban J connectivity index is 1.57. The Morgan fingerprint density at radius 1 is 1.14 bits per heavy atom. The summed E-state index contributed by atoms with van der Waals surface area (Å²) in [7, 11) is 1.69. The van der Waals surface area contributed by atoms with Gasteiger partial charge in [-0.1, -0.05) is 0 Å². The number of rotatable bonds is 8. The first kappa shape index (κ1) is 19.3. The summed E-state index contributed by atoms with van der Waals surface area (Å²) in [6, 6.07) is 4.37. The van der Waals surface area contributed by atoms with E-state index < -0.39 is 0 Å². The highest BCUT2D eigenvalue weighted by molar-refractivity contribution is 5.89. The molecule has 1 aromatic carbocycles. The lowest BCUT2D eigenvalue weighted by Gasteiger charge is -2.17. The van der Waals surface area contributed by atoms with Crippen LogP contribution in [0.3, 0.4) is 0 Å². The van der Waals surface area contributed by atoms with Gasteiger partial charge in [-0.15, -0.1) is 0 Å². The molecule has 1 N–H and O–H groups in total. The van der Waals surface area contributed by atoms with Crippen molar-refractivity contribution in [1.29, 1.82) is 0 Å². The molecule has 0 aliphatic carbocycles. The van der Waals surface area contributed by atoms with Crippen molar-refractivity contribution in [1.82, 2.24) is 9.88 Å². The van der Waals surface area contributed by atoms with Crippen LogP contribution >= 0.6 is 0 Å². The van der Waals surface area contributed by atoms with Gasteiger partial charge in [0.25, 0.3) is 0 Å². The van der Waals surface area contributed by atoms with Crippen LogP contribution in [-0.2, 0) is 18.0 Å². The standard InChI is InChI=1S/C22H31N3O3/c1-15(2)23-22-18-14-27-13-17(18)16-11-20(26-3)21(12-19(16)24-22)28-10-6-9-25-7-4-5-8-25/h11-12,15H,4-10,13-14H2,1-3H3,(H,23,24). The quantitative estimate of drug-likeness (QED) is 0.694. The summed E-state index contributed by atoms with van der Waals surface area (Å²) in [4.78, 5) is 7.39. The molecule has 6 heteroatoms. The Kier molecular flexibility index (Phi) is 5.87. The van der Waals surface area contributed by atoms with Gasteiger partial charge in [0.1, 0.15) is 5.82 Å². The van der Waals surface area contributed by atoms with Crippen molar-refractivity contribution in [2.75, 3.05) is 38.7 Å². The molecule has 1 saturated heterocycles. The number of anilines is 1. The van der Waals surface area contributed by atoms with E-state index in [1.165, 1.54) is 31.5 Å². The molecule has 1 aromatic heterocycles. The predicted molar refractivity (Wildman–Crippen MR) is 111 cm³/mol. The van der Waals surface area contributed by atoms with Crippen LogP contribution in [0.1, 0.15) is 44.2 Å². The van der Waals surface area contributed by atoms with Gasteiger partial charge < -0.3 is 24.4 Å². The summed E-state index contributed by atoms with van der Waals surface area (Å²) in [6.45, 7) is 9.69. The molecule has 0 spiro atoms. The third kappa shape index (κ3) is 4.03. The first-order valence-electron chi connectivity index (χ1n) is 10.4. The van der Waals surface area contributed by atoms with E-state index >= 15 is 0 Å². The molecular formula is C22H31N3O3. The average Bonchev–Trinajstić information content (AvgIpc) is 3.36. The number of likely N-dealkylation sites (tertiary alicyclic amines) is 1. The van der Waals surface area contributed by atoms with E-state index in [0.29, 0.717) is 25.9 Å². The molecule has 0 saturated carbocycles. The van der Waals surface area contributed by atoms with Gasteiger partial charge in [0.15, 0.2) is 11.5 Å². The van der Waals surface area contributed by atoms with Gasteiger partial charge in [0.2, 0.25) is 0 Å². The molecule has 0 radical (unpaired) electrons. The number of ether oxygens (including phenoxy) is 3. The largest absolute Gasteiger partial charge is 0.493 e. The minimum absolute atomic E-state index is 0.314. The van der Waals surface area contributed by atoms with Crippen molar-refractivity contribution in [3.05, 3.63) is 23.3 Å². The SMILES string of the molecule is COc1cc2c3c(c(NC(C)C)nc2cc1OCCCN1CCCC1)COC3. The van der Waals surface area contributed by atoms with Crippen LogP contribution in [0.4, 0.5) is 5.82 Å². The van der Waals surface area contributed by atoms with Crippen LogP contribution in [0.25, 0.3) is 10.9 Å². The monoisotopic (exact) mass is 385 g/mol. The maximum absolute atomic E-state index is 6.09. The third-order valence-electron chi connectivity index (χ3n) is 5.48. The maximum Gasteiger partial charge on any atom is 0.163 e. The topological polar surface area (TPSA) is 55.8 Å². The second kappa shape index (κ2) is 8.53. The first-order valence-corrected chi connectivity index (χ1v) is 10.4. The van der Waals surface area contributed by atoms with Crippen molar-refractivity contribution in [2.45, 2.75) is 52.4 Å². The number of aromatic nitrogens is 1. The van der Waals surface area contributed by atoms with E-state index in [-0.39, 0.29) is 0 Å². The zero-order chi connectivity index (χ0) is 19.5. The summed E-state index contributed by atoms with van der Waals surface area (Å²) in [5, 5.41) is 4.55. The molecular weight excluding hydrogens is 354 g/mol. The molecule has 4 rings (SSSR count). The molecule has 2 aromatic rings. The predicted octanol–water partition coefficient (Wildman–Crippen LogP) is 3.96. The van der Waals surface area contributed by atoms with Gasteiger partial charge in [-0.3, -0.25) is 0 Å². The minimum atomic E-state index is 0.314. The van der Waals surface area contributed by atoms with E-state index in [2.05, 4.69) is 24.1 Å². The number of methoxy groups -OCH3 is 1. The molecule has 1 fully saturated rings. The summed E-state index contributed by atoms with van der Waals surface area (Å²) in [5.74, 6) is 2.44. The molecule has 0 atom stereocenters. The van der Waals surface area contributed by atoms with Gasteiger partial charge in [-0.2, -0.15) is 0 Å². The van der Waals surface area contributed by atoms with Crippen LogP contribution in [0, 0.1) is 0 Å². The highest BCUT2D eigenvalue weighted by atomic mass is 16.5. The van der Waals surface area contributed by atoms with Crippen LogP contribution < -0.4 is 14.8 Å². The minimum Gasteiger partial charge on any atom is -0.493 e. The number of pyridine rings is 1. The van der Waals surface area contributed by atoms with Gasteiger partial charge in [-0.05, 0) is 57.8 Å². The van der Waals surface area contributed by atoms with Gasteiger partial charge in [-0.25, -0.2) is 4.98 Å². The Bertz CT molecular complexity index is 832. The Morgan fingerprint density at radius 2 is 1.93 bits per heavy atom. The smallest absolute Gasteiger partial charge is 0.163 e. The van der Waals surface area contributed by atoms with Crippen LogP contribution in [0.15, 0.2) is 12.1 Å². The molecule has 2 aliphatic heterocycles. The van der Waals surface area contributed by atoms with E-state index in [1.807, 2.05) is 12.1 Å². The van der Waals surface area contributed by atoms with Gasteiger partial charge >= 0.3 is 0 Å². The normalized spacial score (nSPS) is 16.7. The molecule has 28 heavy (non-hydrogen) atoms. The van der Waals surface area contributed by atoms with Crippen molar-refractivity contribution < 1.29 is 14.2 Å². The Labute approximate surface area is 167 Å². The zero-order valence-corrected chi connectivity index (χ0v) is 17.2. The molecule has 0 amide bonds. The van der Waals surface area contributed by atoms with Gasteiger partial charge in [0.05, 0.1) is 32.4 Å². The lowest BCUT2D eigenvalue weighted by atomic mass is 10.0. The van der Waals surface area contributed by atoms with E-state index in [9.17, 15) is 0 Å². The Hall–Kier alpha value is -2.05. The fraction of sp³-hybridized carbons (Fsp3) is 0.591. The van der Waals surface area contributed by atoms with Crippen molar-refractivity contribution in [2.24, 2.45) is 0 Å². The second-order valence-corrected chi connectivity index (χ2v) is 7.98. The molecule has 2 aliphatic rings. The maximum atomic E-state index is 6.09. The molecule has 0 bridgehead atoms. The second-order valence-electron chi connectivity index (χ2n) is 7.98. The lowest BCUT2D eigenvalue weighted by molar-refractivity contribution is 0.135. The lowest BCUT2D eigenvalue weighted by Crippen LogP contribution is -2.21. The zero-order valence-electron chi connectivity index (χ0n) is 17.2. The number of hydrogen-bond acceptors (Lipinski definition) is 6. The summed E-state index contributed by atoms with van der Waals surface area (Å²) < 4.78 is 17.4.